The lowest BCUT2D eigenvalue weighted by atomic mass is 9.76. The Kier molecular flexibility index (Phi) is 3.18. The maximum Gasteiger partial charge on any atom is 0.179 e. The largest absolute Gasteiger partial charge is 0.325 e. The Labute approximate surface area is 115 Å². The molecule has 1 atom stereocenters. The first-order valence-electron chi connectivity index (χ1n) is 7.13. The molecular weight excluding hydrogens is 258 g/mol. The maximum atomic E-state index is 12.3. The van der Waals surface area contributed by atoms with Crippen LogP contribution in [0.1, 0.15) is 50.0 Å². The highest BCUT2D eigenvalue weighted by molar-refractivity contribution is 7.91. The fraction of sp³-hybridized carbons (Fsp3) is 0.600. The number of sulfone groups is 1. The summed E-state index contributed by atoms with van der Waals surface area (Å²) in [5.41, 5.74) is 7.25. The van der Waals surface area contributed by atoms with Gasteiger partial charge in [0.15, 0.2) is 9.84 Å². The van der Waals surface area contributed by atoms with Gasteiger partial charge in [-0.3, -0.25) is 0 Å². The second kappa shape index (κ2) is 4.60. The van der Waals surface area contributed by atoms with E-state index in [0.717, 1.165) is 31.2 Å². The van der Waals surface area contributed by atoms with E-state index in [9.17, 15) is 8.42 Å². The standard InChI is InChI=1S/C15H21NO2S/c16-15(9-5-1-2-6-10-15)13-11-19(17,18)14-8-4-3-7-12(13)14/h3-4,7-8,13H,1-2,5-6,9-11,16H2. The smallest absolute Gasteiger partial charge is 0.179 e. The lowest BCUT2D eigenvalue weighted by Crippen LogP contribution is -2.46. The van der Waals surface area contributed by atoms with Crippen molar-refractivity contribution in [2.24, 2.45) is 5.73 Å². The lowest BCUT2D eigenvalue weighted by Gasteiger charge is -2.34. The Morgan fingerprint density at radius 3 is 2.37 bits per heavy atom. The topological polar surface area (TPSA) is 60.2 Å². The van der Waals surface area contributed by atoms with Gasteiger partial charge >= 0.3 is 0 Å². The van der Waals surface area contributed by atoms with Crippen LogP contribution in [0.25, 0.3) is 0 Å². The van der Waals surface area contributed by atoms with Gasteiger partial charge in [0.1, 0.15) is 0 Å². The van der Waals surface area contributed by atoms with Crippen molar-refractivity contribution >= 4 is 9.84 Å². The number of nitrogens with two attached hydrogens (primary N) is 1. The predicted octanol–water partition coefficient (Wildman–Crippen LogP) is 2.61. The van der Waals surface area contributed by atoms with Crippen LogP contribution in [0.3, 0.4) is 0 Å². The van der Waals surface area contributed by atoms with Crippen molar-refractivity contribution in [1.29, 1.82) is 0 Å². The third-order valence-electron chi connectivity index (χ3n) is 4.74. The molecule has 1 saturated carbocycles. The van der Waals surface area contributed by atoms with E-state index in [1.54, 1.807) is 12.1 Å². The molecule has 1 aliphatic carbocycles. The number of benzene rings is 1. The van der Waals surface area contributed by atoms with Crippen molar-refractivity contribution in [3.63, 3.8) is 0 Å². The van der Waals surface area contributed by atoms with Crippen LogP contribution in [0.2, 0.25) is 0 Å². The van der Waals surface area contributed by atoms with Crippen LogP contribution >= 0.6 is 0 Å². The fourth-order valence-electron chi connectivity index (χ4n) is 3.66. The third kappa shape index (κ3) is 2.21. The highest BCUT2D eigenvalue weighted by Gasteiger charge is 2.45. The molecule has 0 spiro atoms. The van der Waals surface area contributed by atoms with Gasteiger partial charge in [-0.1, -0.05) is 43.9 Å². The van der Waals surface area contributed by atoms with Gasteiger partial charge in [-0.2, -0.15) is 0 Å². The van der Waals surface area contributed by atoms with Crippen molar-refractivity contribution in [2.45, 2.75) is 54.9 Å². The highest BCUT2D eigenvalue weighted by Crippen LogP contribution is 2.45. The molecule has 4 heteroatoms. The molecule has 0 amide bonds. The Morgan fingerprint density at radius 1 is 1.05 bits per heavy atom. The van der Waals surface area contributed by atoms with Gasteiger partial charge in [0.05, 0.1) is 10.6 Å². The highest BCUT2D eigenvalue weighted by atomic mass is 32.2. The monoisotopic (exact) mass is 279 g/mol. The first kappa shape index (κ1) is 13.1. The summed E-state index contributed by atoms with van der Waals surface area (Å²) in [5, 5.41) is 0. The molecule has 1 unspecified atom stereocenters. The number of fused-ring (bicyclic) bond motifs is 1. The second-order valence-electron chi connectivity index (χ2n) is 6.02. The summed E-state index contributed by atoms with van der Waals surface area (Å²) in [7, 11) is -3.13. The van der Waals surface area contributed by atoms with E-state index in [4.69, 9.17) is 5.73 Å². The van der Waals surface area contributed by atoms with Gasteiger partial charge < -0.3 is 5.73 Å². The Bertz CT molecular complexity index is 572. The molecule has 1 heterocycles. The van der Waals surface area contributed by atoms with Gasteiger partial charge in [-0.25, -0.2) is 8.42 Å². The van der Waals surface area contributed by atoms with Crippen LogP contribution in [0.4, 0.5) is 0 Å². The zero-order chi connectivity index (χ0) is 13.5. The van der Waals surface area contributed by atoms with Crippen LogP contribution in [0.5, 0.6) is 0 Å². The number of hydrogen-bond donors (Lipinski definition) is 1. The van der Waals surface area contributed by atoms with Gasteiger partial charge in [0, 0.05) is 11.5 Å². The third-order valence-corrected chi connectivity index (χ3v) is 6.56. The molecule has 0 bridgehead atoms. The first-order valence-corrected chi connectivity index (χ1v) is 8.79. The Morgan fingerprint density at radius 2 is 1.68 bits per heavy atom. The molecular formula is C15H21NO2S. The summed E-state index contributed by atoms with van der Waals surface area (Å²) in [6.45, 7) is 0. The summed E-state index contributed by atoms with van der Waals surface area (Å²) < 4.78 is 24.6. The number of rotatable bonds is 1. The SMILES string of the molecule is NC1(C2CS(=O)(=O)c3ccccc32)CCCCCC1. The van der Waals surface area contributed by atoms with E-state index in [2.05, 4.69) is 0 Å². The minimum absolute atomic E-state index is 0.0215. The summed E-state index contributed by atoms with van der Waals surface area (Å²) in [6.07, 6.45) is 6.58. The van der Waals surface area contributed by atoms with E-state index < -0.39 is 9.84 Å². The minimum atomic E-state index is -3.13. The van der Waals surface area contributed by atoms with Crippen molar-refractivity contribution < 1.29 is 8.42 Å². The molecule has 2 N–H and O–H groups in total. The molecule has 19 heavy (non-hydrogen) atoms. The minimum Gasteiger partial charge on any atom is -0.325 e. The average molecular weight is 279 g/mol. The maximum absolute atomic E-state index is 12.3. The van der Waals surface area contributed by atoms with E-state index in [1.165, 1.54) is 12.8 Å². The molecule has 0 radical (unpaired) electrons. The zero-order valence-electron chi connectivity index (χ0n) is 11.1. The van der Waals surface area contributed by atoms with Crippen molar-refractivity contribution in [2.75, 3.05) is 5.75 Å². The van der Waals surface area contributed by atoms with Crippen LogP contribution in [0, 0.1) is 0 Å². The number of hydrogen-bond acceptors (Lipinski definition) is 3. The fourth-order valence-corrected chi connectivity index (χ4v) is 5.65. The molecule has 1 aromatic rings. The molecule has 2 aliphatic rings. The summed E-state index contributed by atoms with van der Waals surface area (Å²) >= 11 is 0. The van der Waals surface area contributed by atoms with Gasteiger partial charge in [-0.05, 0) is 24.5 Å². The molecule has 0 aromatic heterocycles. The van der Waals surface area contributed by atoms with E-state index >= 15 is 0 Å². The van der Waals surface area contributed by atoms with Crippen LogP contribution in [-0.4, -0.2) is 19.7 Å². The van der Waals surface area contributed by atoms with Crippen molar-refractivity contribution in [3.8, 4) is 0 Å². The van der Waals surface area contributed by atoms with E-state index in [-0.39, 0.29) is 17.2 Å². The summed E-state index contributed by atoms with van der Waals surface area (Å²) in [6, 6.07) is 7.40. The van der Waals surface area contributed by atoms with Gasteiger partial charge in [-0.15, -0.1) is 0 Å². The lowest BCUT2D eigenvalue weighted by molar-refractivity contribution is 0.319. The van der Waals surface area contributed by atoms with Gasteiger partial charge in [0.25, 0.3) is 0 Å². The van der Waals surface area contributed by atoms with Crippen molar-refractivity contribution in [3.05, 3.63) is 29.8 Å². The second-order valence-corrected chi connectivity index (χ2v) is 8.02. The van der Waals surface area contributed by atoms with Crippen LogP contribution in [0.15, 0.2) is 29.2 Å². The Balaban J connectivity index is 2.03. The van der Waals surface area contributed by atoms with E-state index in [0.29, 0.717) is 4.90 Å². The molecule has 1 fully saturated rings. The predicted molar refractivity (Wildman–Crippen MR) is 75.9 cm³/mol. The molecule has 3 nitrogen and oxygen atoms in total. The normalized spacial score (nSPS) is 28.6. The summed E-state index contributed by atoms with van der Waals surface area (Å²) in [4.78, 5) is 0.508. The molecule has 3 rings (SSSR count). The average Bonchev–Trinajstić information content (AvgIpc) is 2.54. The van der Waals surface area contributed by atoms with Crippen molar-refractivity contribution in [1.82, 2.24) is 0 Å². The first-order chi connectivity index (χ1) is 9.03. The molecule has 1 aromatic carbocycles. The Hall–Kier alpha value is -0.870. The quantitative estimate of drug-likeness (QED) is 0.804. The molecule has 1 aliphatic heterocycles. The summed E-state index contributed by atoms with van der Waals surface area (Å²) in [5.74, 6) is 0.176. The zero-order valence-corrected chi connectivity index (χ0v) is 12.0. The molecule has 0 saturated heterocycles. The van der Waals surface area contributed by atoms with Crippen LogP contribution in [-0.2, 0) is 9.84 Å². The van der Waals surface area contributed by atoms with Crippen LogP contribution < -0.4 is 5.73 Å². The van der Waals surface area contributed by atoms with Gasteiger partial charge in [0.2, 0.25) is 0 Å². The molecule has 104 valence electrons. The van der Waals surface area contributed by atoms with E-state index in [1.807, 2.05) is 12.1 Å².